The molecule has 0 unspecified atom stereocenters. The number of anilines is 2. The number of ketones is 1. The number of para-hydroxylation sites is 1. The predicted octanol–water partition coefficient (Wildman–Crippen LogP) is 2.85. The summed E-state index contributed by atoms with van der Waals surface area (Å²) < 4.78 is 25.2. The van der Waals surface area contributed by atoms with Crippen LogP contribution in [0.15, 0.2) is 42.5 Å². The summed E-state index contributed by atoms with van der Waals surface area (Å²) in [5.41, 5.74) is 2.79. The van der Waals surface area contributed by atoms with E-state index < -0.39 is 10.0 Å². The number of carbonyl (C=O) groups excluding carboxylic acids is 2. The van der Waals surface area contributed by atoms with Gasteiger partial charge >= 0.3 is 0 Å². The van der Waals surface area contributed by atoms with Gasteiger partial charge in [0.05, 0.1) is 17.6 Å². The number of amides is 1. The third kappa shape index (κ3) is 3.62. The van der Waals surface area contributed by atoms with Gasteiger partial charge in [0.2, 0.25) is 10.0 Å². The second-order valence-electron chi connectivity index (χ2n) is 6.34. The van der Waals surface area contributed by atoms with Gasteiger partial charge in [-0.2, -0.15) is 0 Å². The summed E-state index contributed by atoms with van der Waals surface area (Å²) in [6.07, 6.45) is 2.60. The maximum atomic E-state index is 12.6. The first-order valence-corrected chi connectivity index (χ1v) is 10.1. The lowest BCUT2D eigenvalue weighted by Gasteiger charge is -2.29. The highest BCUT2D eigenvalue weighted by atomic mass is 32.2. The number of hydrogen-bond donors (Lipinski definition) is 1. The van der Waals surface area contributed by atoms with E-state index in [1.54, 1.807) is 42.5 Å². The summed E-state index contributed by atoms with van der Waals surface area (Å²) in [6.45, 7) is 1.90. The fourth-order valence-electron chi connectivity index (χ4n) is 3.14. The number of nitrogens with one attached hydrogen (secondary N) is 1. The number of Topliss-reactive ketones (excluding diaryl/α,β-unsaturated/α-hetero) is 1. The van der Waals surface area contributed by atoms with Crippen LogP contribution in [0.3, 0.4) is 0 Å². The van der Waals surface area contributed by atoms with Gasteiger partial charge in [-0.1, -0.05) is 12.1 Å². The summed E-state index contributed by atoms with van der Waals surface area (Å²) >= 11 is 0. The van der Waals surface area contributed by atoms with E-state index in [-0.39, 0.29) is 11.7 Å². The Morgan fingerprint density at radius 3 is 2.54 bits per heavy atom. The predicted molar refractivity (Wildman–Crippen MR) is 101 cm³/mol. The molecule has 0 aromatic heterocycles. The van der Waals surface area contributed by atoms with Crippen LogP contribution in [-0.2, 0) is 16.4 Å². The van der Waals surface area contributed by atoms with Gasteiger partial charge in [-0.25, -0.2) is 8.42 Å². The number of rotatable bonds is 4. The van der Waals surface area contributed by atoms with E-state index >= 15 is 0 Å². The second-order valence-corrected chi connectivity index (χ2v) is 8.24. The third-order valence-electron chi connectivity index (χ3n) is 4.37. The van der Waals surface area contributed by atoms with E-state index in [1.807, 2.05) is 0 Å². The lowest BCUT2D eigenvalue weighted by Crippen LogP contribution is -2.34. The first kappa shape index (κ1) is 18.1. The maximum absolute atomic E-state index is 12.6. The van der Waals surface area contributed by atoms with Crippen LogP contribution < -0.4 is 9.62 Å². The Hall–Kier alpha value is -2.67. The number of sulfonamides is 1. The Kier molecular flexibility index (Phi) is 4.82. The largest absolute Gasteiger partial charge is 0.321 e. The Morgan fingerprint density at radius 2 is 1.85 bits per heavy atom. The fourth-order valence-corrected chi connectivity index (χ4v) is 4.14. The van der Waals surface area contributed by atoms with Crippen molar-refractivity contribution in [3.05, 3.63) is 59.2 Å². The molecule has 1 heterocycles. The highest BCUT2D eigenvalue weighted by molar-refractivity contribution is 7.92. The van der Waals surface area contributed by atoms with Crippen molar-refractivity contribution in [1.29, 1.82) is 0 Å². The summed E-state index contributed by atoms with van der Waals surface area (Å²) in [5.74, 6) is -0.465. The van der Waals surface area contributed by atoms with Crippen LogP contribution in [0.25, 0.3) is 0 Å². The van der Waals surface area contributed by atoms with Crippen molar-refractivity contribution in [3.63, 3.8) is 0 Å². The molecule has 0 saturated carbocycles. The van der Waals surface area contributed by atoms with Gasteiger partial charge in [0.25, 0.3) is 5.91 Å². The highest BCUT2D eigenvalue weighted by Crippen LogP contribution is 2.30. The SMILES string of the molecule is CC(=O)c1ccccc1NC(=O)c1ccc2c(c1)CCCN2S(C)(=O)=O. The molecule has 1 aliphatic rings. The standard InChI is InChI=1S/C19H20N2O4S/c1-13(22)16-7-3-4-8-17(16)20-19(23)15-9-10-18-14(12-15)6-5-11-21(18)26(2,24)25/h3-4,7-10,12H,5-6,11H2,1-2H3,(H,20,23). The molecule has 3 rings (SSSR count). The van der Waals surface area contributed by atoms with Gasteiger partial charge in [-0.05, 0) is 55.7 Å². The molecule has 1 amide bonds. The van der Waals surface area contributed by atoms with Crippen molar-refractivity contribution in [2.45, 2.75) is 19.8 Å². The number of fused-ring (bicyclic) bond motifs is 1. The normalized spacial score (nSPS) is 13.8. The third-order valence-corrected chi connectivity index (χ3v) is 5.55. The topological polar surface area (TPSA) is 83.6 Å². The van der Waals surface area contributed by atoms with Gasteiger partial charge in [-0.15, -0.1) is 0 Å². The van der Waals surface area contributed by atoms with Crippen LogP contribution in [0.1, 0.15) is 39.6 Å². The van der Waals surface area contributed by atoms with E-state index in [9.17, 15) is 18.0 Å². The average Bonchev–Trinajstić information content (AvgIpc) is 2.60. The molecule has 6 nitrogen and oxygen atoms in total. The van der Waals surface area contributed by atoms with Crippen LogP contribution in [0.4, 0.5) is 11.4 Å². The molecule has 2 aromatic rings. The van der Waals surface area contributed by atoms with Gasteiger partial charge in [0.15, 0.2) is 5.78 Å². The van der Waals surface area contributed by atoms with Crippen molar-refractivity contribution >= 4 is 33.1 Å². The minimum Gasteiger partial charge on any atom is -0.321 e. The molecule has 1 aliphatic heterocycles. The van der Waals surface area contributed by atoms with Crippen molar-refractivity contribution in [3.8, 4) is 0 Å². The van der Waals surface area contributed by atoms with E-state index in [4.69, 9.17) is 0 Å². The van der Waals surface area contributed by atoms with E-state index in [0.29, 0.717) is 41.9 Å². The van der Waals surface area contributed by atoms with Crippen molar-refractivity contribution in [1.82, 2.24) is 0 Å². The summed E-state index contributed by atoms with van der Waals surface area (Å²) in [4.78, 5) is 24.3. The van der Waals surface area contributed by atoms with Gasteiger partial charge in [-0.3, -0.25) is 13.9 Å². The van der Waals surface area contributed by atoms with Crippen molar-refractivity contribution in [2.75, 3.05) is 22.4 Å². The summed E-state index contributed by atoms with van der Waals surface area (Å²) in [7, 11) is -3.34. The zero-order valence-electron chi connectivity index (χ0n) is 14.7. The highest BCUT2D eigenvalue weighted by Gasteiger charge is 2.24. The molecule has 0 aliphatic carbocycles. The molecule has 0 saturated heterocycles. The first-order chi connectivity index (χ1) is 12.3. The number of benzene rings is 2. The van der Waals surface area contributed by atoms with Crippen LogP contribution in [0, 0.1) is 0 Å². The Bertz CT molecular complexity index is 983. The van der Waals surface area contributed by atoms with Gasteiger partial charge < -0.3 is 5.32 Å². The van der Waals surface area contributed by atoms with Crippen molar-refractivity contribution < 1.29 is 18.0 Å². The molecule has 0 atom stereocenters. The number of carbonyl (C=O) groups is 2. The average molecular weight is 372 g/mol. The maximum Gasteiger partial charge on any atom is 0.255 e. The minimum absolute atomic E-state index is 0.130. The minimum atomic E-state index is -3.34. The Balaban J connectivity index is 1.90. The molecule has 0 fully saturated rings. The summed E-state index contributed by atoms with van der Waals surface area (Å²) in [5, 5.41) is 2.76. The first-order valence-electron chi connectivity index (χ1n) is 8.29. The molecule has 7 heteroatoms. The molecule has 136 valence electrons. The number of aryl methyl sites for hydroxylation is 1. The molecule has 0 spiro atoms. The quantitative estimate of drug-likeness (QED) is 0.837. The number of nitrogens with zero attached hydrogens (tertiary/aromatic N) is 1. The molecule has 2 aromatic carbocycles. The van der Waals surface area contributed by atoms with E-state index in [0.717, 1.165) is 5.56 Å². The lowest BCUT2D eigenvalue weighted by molar-refractivity contribution is 0.101. The Labute approximate surface area is 152 Å². The van der Waals surface area contributed by atoms with E-state index in [1.165, 1.54) is 17.5 Å². The number of hydrogen-bond acceptors (Lipinski definition) is 4. The zero-order chi connectivity index (χ0) is 18.9. The smallest absolute Gasteiger partial charge is 0.255 e. The molecule has 1 N–H and O–H groups in total. The molecule has 0 bridgehead atoms. The molecule has 26 heavy (non-hydrogen) atoms. The molecular formula is C19H20N2O4S. The molecule has 0 radical (unpaired) electrons. The fraction of sp³-hybridized carbons (Fsp3) is 0.263. The van der Waals surface area contributed by atoms with Crippen LogP contribution in [0.2, 0.25) is 0 Å². The van der Waals surface area contributed by atoms with Crippen LogP contribution in [-0.4, -0.2) is 32.9 Å². The zero-order valence-corrected chi connectivity index (χ0v) is 15.5. The van der Waals surface area contributed by atoms with E-state index in [2.05, 4.69) is 5.32 Å². The second kappa shape index (κ2) is 6.92. The van der Waals surface area contributed by atoms with Crippen LogP contribution in [0.5, 0.6) is 0 Å². The monoisotopic (exact) mass is 372 g/mol. The van der Waals surface area contributed by atoms with Gasteiger partial charge in [0.1, 0.15) is 0 Å². The summed E-state index contributed by atoms with van der Waals surface area (Å²) in [6, 6.07) is 11.8. The van der Waals surface area contributed by atoms with Gasteiger partial charge in [0, 0.05) is 17.7 Å². The van der Waals surface area contributed by atoms with Crippen molar-refractivity contribution in [2.24, 2.45) is 0 Å². The lowest BCUT2D eigenvalue weighted by atomic mass is 10.0. The van der Waals surface area contributed by atoms with Crippen LogP contribution >= 0.6 is 0 Å². The Morgan fingerprint density at radius 1 is 1.12 bits per heavy atom. The molecular weight excluding hydrogens is 352 g/mol.